The van der Waals surface area contributed by atoms with E-state index < -0.39 is 6.61 Å². The summed E-state index contributed by atoms with van der Waals surface area (Å²) in [5.74, 6) is 0.180. The van der Waals surface area contributed by atoms with Crippen molar-refractivity contribution in [2.24, 2.45) is 0 Å². The molecule has 4 heteroatoms. The Balaban J connectivity index is 2.03. The topological polar surface area (TPSA) is 9.23 Å². The summed E-state index contributed by atoms with van der Waals surface area (Å²) in [6.45, 7) is -0.726. The summed E-state index contributed by atoms with van der Waals surface area (Å²) in [7, 11) is 0. The Hall–Kier alpha value is -1.42. The van der Waals surface area contributed by atoms with Gasteiger partial charge >= 0.3 is 6.61 Å². The number of benzene rings is 2. The van der Waals surface area contributed by atoms with Crippen LogP contribution >= 0.6 is 15.9 Å². The highest BCUT2D eigenvalue weighted by molar-refractivity contribution is 9.09. The van der Waals surface area contributed by atoms with Crippen LogP contribution in [-0.4, -0.2) is 6.61 Å². The van der Waals surface area contributed by atoms with Crippen molar-refractivity contribution in [1.29, 1.82) is 0 Å². The van der Waals surface area contributed by atoms with Gasteiger partial charge in [0.2, 0.25) is 0 Å². The van der Waals surface area contributed by atoms with Gasteiger partial charge in [0.25, 0.3) is 0 Å². The van der Waals surface area contributed by atoms with Gasteiger partial charge in [0.1, 0.15) is 5.75 Å². The molecule has 1 atom stereocenters. The Bertz CT molecular complexity index is 555. The molecule has 0 saturated heterocycles. The van der Waals surface area contributed by atoms with Crippen LogP contribution in [0.2, 0.25) is 0 Å². The van der Waals surface area contributed by atoms with E-state index in [-0.39, 0.29) is 10.6 Å². The van der Waals surface area contributed by atoms with E-state index in [4.69, 9.17) is 0 Å². The first-order valence-corrected chi connectivity index (χ1v) is 7.20. The number of hydrogen-bond donors (Lipinski definition) is 0. The fourth-order valence-electron chi connectivity index (χ4n) is 2.02. The summed E-state index contributed by atoms with van der Waals surface area (Å²) < 4.78 is 28.5. The molecule has 0 N–H and O–H groups in total. The molecule has 0 heterocycles. The summed E-state index contributed by atoms with van der Waals surface area (Å²) >= 11 is 3.63. The molecule has 1 nitrogen and oxygen atoms in total. The van der Waals surface area contributed by atoms with Crippen LogP contribution in [0.5, 0.6) is 5.75 Å². The highest BCUT2D eigenvalue weighted by Crippen LogP contribution is 2.29. The standard InChI is InChI=1S/C16H15BrF2O/c1-11-3-2-4-12(9-11)10-15(17)13-5-7-14(8-6-13)20-16(18)19/h2-9,15-16H,10H2,1H3. The Morgan fingerprint density at radius 3 is 2.40 bits per heavy atom. The van der Waals surface area contributed by atoms with Crippen LogP contribution in [0.25, 0.3) is 0 Å². The zero-order valence-corrected chi connectivity index (χ0v) is 12.6. The molecule has 0 aliphatic carbocycles. The molecule has 2 rings (SSSR count). The summed E-state index contributed by atoms with van der Waals surface area (Å²) in [6, 6.07) is 15.0. The average Bonchev–Trinajstić information content (AvgIpc) is 2.38. The molecule has 0 bridgehead atoms. The van der Waals surface area contributed by atoms with Gasteiger partial charge in [0.05, 0.1) is 0 Å². The summed E-state index contributed by atoms with van der Waals surface area (Å²) in [6.07, 6.45) is 0.844. The first-order chi connectivity index (χ1) is 9.54. The van der Waals surface area contributed by atoms with Crippen LogP contribution in [0, 0.1) is 6.92 Å². The van der Waals surface area contributed by atoms with Gasteiger partial charge in [-0.2, -0.15) is 8.78 Å². The fraction of sp³-hybridized carbons (Fsp3) is 0.250. The van der Waals surface area contributed by atoms with Crippen LogP contribution in [0.4, 0.5) is 8.78 Å². The van der Waals surface area contributed by atoms with Gasteiger partial charge in [-0.25, -0.2) is 0 Å². The maximum absolute atomic E-state index is 12.1. The molecule has 106 valence electrons. The molecule has 0 aliphatic rings. The second-order valence-corrected chi connectivity index (χ2v) is 5.71. The smallest absolute Gasteiger partial charge is 0.387 e. The van der Waals surface area contributed by atoms with Gasteiger partial charge in [-0.05, 0) is 36.6 Å². The summed E-state index contributed by atoms with van der Waals surface area (Å²) in [4.78, 5) is 0.143. The largest absolute Gasteiger partial charge is 0.435 e. The van der Waals surface area contributed by atoms with Crippen LogP contribution in [0.3, 0.4) is 0 Å². The van der Waals surface area contributed by atoms with Gasteiger partial charge in [-0.15, -0.1) is 0 Å². The predicted molar refractivity (Wildman–Crippen MR) is 79.6 cm³/mol. The zero-order valence-electron chi connectivity index (χ0n) is 11.0. The second kappa shape index (κ2) is 6.84. The van der Waals surface area contributed by atoms with Crippen molar-refractivity contribution in [3.05, 3.63) is 65.2 Å². The lowest BCUT2D eigenvalue weighted by atomic mass is 10.0. The van der Waals surface area contributed by atoms with E-state index in [1.165, 1.54) is 11.1 Å². The molecule has 0 saturated carbocycles. The van der Waals surface area contributed by atoms with Gasteiger partial charge in [-0.3, -0.25) is 0 Å². The van der Waals surface area contributed by atoms with Crippen molar-refractivity contribution in [2.45, 2.75) is 24.8 Å². The van der Waals surface area contributed by atoms with Gasteiger partial charge in [0.15, 0.2) is 0 Å². The molecular weight excluding hydrogens is 326 g/mol. The maximum Gasteiger partial charge on any atom is 0.387 e. The number of rotatable bonds is 5. The monoisotopic (exact) mass is 340 g/mol. The van der Waals surface area contributed by atoms with Crippen molar-refractivity contribution >= 4 is 15.9 Å². The van der Waals surface area contributed by atoms with E-state index in [1.807, 2.05) is 6.07 Å². The highest BCUT2D eigenvalue weighted by Gasteiger charge is 2.10. The predicted octanol–water partition coefficient (Wildman–Crippen LogP) is 5.28. The SMILES string of the molecule is Cc1cccc(CC(Br)c2ccc(OC(F)F)cc2)c1. The van der Waals surface area contributed by atoms with Gasteiger partial charge in [-0.1, -0.05) is 57.9 Å². The summed E-state index contributed by atoms with van der Waals surface area (Å²) in [5, 5.41) is 0. The van der Waals surface area contributed by atoms with E-state index in [0.29, 0.717) is 0 Å². The van der Waals surface area contributed by atoms with E-state index in [0.717, 1.165) is 12.0 Å². The van der Waals surface area contributed by atoms with E-state index >= 15 is 0 Å². The van der Waals surface area contributed by atoms with E-state index in [1.54, 1.807) is 24.3 Å². The number of ether oxygens (including phenoxy) is 1. The molecular formula is C16H15BrF2O. The molecule has 0 aromatic heterocycles. The number of alkyl halides is 3. The molecule has 0 spiro atoms. The second-order valence-electron chi connectivity index (χ2n) is 4.61. The first kappa shape index (κ1) is 15.0. The van der Waals surface area contributed by atoms with E-state index in [2.05, 4.69) is 45.8 Å². The lowest BCUT2D eigenvalue weighted by molar-refractivity contribution is -0.0498. The molecule has 2 aromatic rings. The minimum Gasteiger partial charge on any atom is -0.435 e. The molecule has 0 fully saturated rings. The quantitative estimate of drug-likeness (QED) is 0.673. The van der Waals surface area contributed by atoms with Gasteiger partial charge < -0.3 is 4.74 Å². The molecule has 0 amide bonds. The molecule has 0 aliphatic heterocycles. The van der Waals surface area contributed by atoms with Crippen LogP contribution < -0.4 is 4.74 Å². The van der Waals surface area contributed by atoms with Crippen LogP contribution in [-0.2, 0) is 6.42 Å². The zero-order chi connectivity index (χ0) is 14.5. The first-order valence-electron chi connectivity index (χ1n) is 6.29. The maximum atomic E-state index is 12.1. The summed E-state index contributed by atoms with van der Waals surface area (Å²) in [5.41, 5.74) is 3.50. The molecule has 2 aromatic carbocycles. The Labute approximate surface area is 125 Å². The minimum absolute atomic E-state index is 0.143. The lowest BCUT2D eigenvalue weighted by Crippen LogP contribution is -2.02. The van der Waals surface area contributed by atoms with Crippen molar-refractivity contribution in [3.8, 4) is 5.75 Å². The Kier molecular flexibility index (Phi) is 5.12. The number of hydrogen-bond acceptors (Lipinski definition) is 1. The Morgan fingerprint density at radius 1 is 1.10 bits per heavy atom. The van der Waals surface area contributed by atoms with Crippen molar-refractivity contribution < 1.29 is 13.5 Å². The lowest BCUT2D eigenvalue weighted by Gasteiger charge is -2.12. The van der Waals surface area contributed by atoms with Gasteiger partial charge in [0, 0.05) is 4.83 Å². The van der Waals surface area contributed by atoms with Crippen molar-refractivity contribution in [3.63, 3.8) is 0 Å². The van der Waals surface area contributed by atoms with E-state index in [9.17, 15) is 8.78 Å². The van der Waals surface area contributed by atoms with Crippen LogP contribution in [0.15, 0.2) is 48.5 Å². The minimum atomic E-state index is -2.78. The third kappa shape index (κ3) is 4.30. The number of aryl methyl sites for hydroxylation is 1. The van der Waals surface area contributed by atoms with Crippen LogP contribution in [0.1, 0.15) is 21.5 Å². The Morgan fingerprint density at radius 2 is 1.80 bits per heavy atom. The highest BCUT2D eigenvalue weighted by atomic mass is 79.9. The average molecular weight is 341 g/mol. The van der Waals surface area contributed by atoms with Crippen molar-refractivity contribution in [1.82, 2.24) is 0 Å². The third-order valence-electron chi connectivity index (χ3n) is 2.96. The fourth-order valence-corrected chi connectivity index (χ4v) is 2.70. The normalized spacial score (nSPS) is 12.4. The molecule has 0 radical (unpaired) electrons. The third-order valence-corrected chi connectivity index (χ3v) is 3.82. The number of halogens is 3. The molecule has 1 unspecified atom stereocenters. The van der Waals surface area contributed by atoms with Crippen molar-refractivity contribution in [2.75, 3.05) is 0 Å². The molecule has 20 heavy (non-hydrogen) atoms.